The van der Waals surface area contributed by atoms with Gasteiger partial charge < -0.3 is 10.6 Å². The van der Waals surface area contributed by atoms with Gasteiger partial charge >= 0.3 is 0 Å². The van der Waals surface area contributed by atoms with Crippen molar-refractivity contribution in [2.45, 2.75) is 20.4 Å². The number of hydrogen-bond donors (Lipinski definition) is 2. The van der Waals surface area contributed by atoms with Crippen LogP contribution in [0.1, 0.15) is 28.4 Å². The zero-order chi connectivity index (χ0) is 15.2. The number of benzene rings is 2. The molecule has 0 aliphatic carbocycles. The van der Waals surface area contributed by atoms with Gasteiger partial charge in [-0.1, -0.05) is 18.2 Å². The monoisotopic (exact) mass is 286 g/mol. The molecule has 0 bridgehead atoms. The molecule has 0 radical (unpaired) electrons. The molecule has 2 rings (SSSR count). The Morgan fingerprint density at radius 1 is 1.19 bits per heavy atom. The number of hydrogen-bond acceptors (Lipinski definition) is 2. The first kappa shape index (κ1) is 15.0. The van der Waals surface area contributed by atoms with Crippen molar-refractivity contribution < 1.29 is 9.18 Å². The molecule has 0 fully saturated rings. The topological polar surface area (TPSA) is 41.1 Å². The maximum atomic E-state index is 13.1. The van der Waals surface area contributed by atoms with Gasteiger partial charge in [0.05, 0.1) is 0 Å². The summed E-state index contributed by atoms with van der Waals surface area (Å²) >= 11 is 0. The van der Waals surface area contributed by atoms with Crippen LogP contribution in [-0.4, -0.2) is 12.5 Å². The molecular formula is C17H19FN2O. The lowest BCUT2D eigenvalue weighted by Crippen LogP contribution is -2.22. The normalized spacial score (nSPS) is 10.2. The summed E-state index contributed by atoms with van der Waals surface area (Å²) < 4.78 is 13.1. The number of carbonyl (C=O) groups is 1. The molecule has 0 heterocycles. The average molecular weight is 286 g/mol. The van der Waals surface area contributed by atoms with E-state index >= 15 is 0 Å². The molecule has 2 N–H and O–H groups in total. The van der Waals surface area contributed by atoms with E-state index in [2.05, 4.69) is 10.6 Å². The van der Waals surface area contributed by atoms with E-state index in [1.807, 2.05) is 32.0 Å². The summed E-state index contributed by atoms with van der Waals surface area (Å²) in [4.78, 5) is 11.8. The minimum absolute atomic E-state index is 0.0914. The van der Waals surface area contributed by atoms with Gasteiger partial charge in [0, 0.05) is 24.3 Å². The number of rotatable bonds is 5. The summed E-state index contributed by atoms with van der Waals surface area (Å²) in [7, 11) is 0. The number of nitrogens with one attached hydrogen (secondary N) is 2. The van der Waals surface area contributed by atoms with Gasteiger partial charge in [0.25, 0.3) is 5.91 Å². The highest BCUT2D eigenvalue weighted by Gasteiger charge is 2.07. The van der Waals surface area contributed by atoms with Gasteiger partial charge in [-0.15, -0.1) is 0 Å². The van der Waals surface area contributed by atoms with Crippen LogP contribution in [0.15, 0.2) is 42.5 Å². The van der Waals surface area contributed by atoms with Gasteiger partial charge in [0.15, 0.2) is 0 Å². The Morgan fingerprint density at radius 2 is 2.00 bits per heavy atom. The molecular weight excluding hydrogens is 267 g/mol. The summed E-state index contributed by atoms with van der Waals surface area (Å²) in [6, 6.07) is 12.0. The standard InChI is InChI=1S/C17H19FN2O/c1-3-19-17(21)14-8-7-12(2)16(10-14)20-11-13-5-4-6-15(18)9-13/h4-10,20H,3,11H2,1-2H3,(H,19,21). The summed E-state index contributed by atoms with van der Waals surface area (Å²) in [5.74, 6) is -0.339. The largest absolute Gasteiger partial charge is 0.381 e. The van der Waals surface area contributed by atoms with Crippen molar-refractivity contribution in [1.82, 2.24) is 5.32 Å². The molecule has 2 aromatic carbocycles. The molecule has 110 valence electrons. The highest BCUT2D eigenvalue weighted by molar-refractivity contribution is 5.95. The molecule has 0 spiro atoms. The molecule has 3 nitrogen and oxygen atoms in total. The Morgan fingerprint density at radius 3 is 2.71 bits per heavy atom. The highest BCUT2D eigenvalue weighted by Crippen LogP contribution is 2.18. The predicted molar refractivity (Wildman–Crippen MR) is 82.9 cm³/mol. The SMILES string of the molecule is CCNC(=O)c1ccc(C)c(NCc2cccc(F)c2)c1. The molecule has 21 heavy (non-hydrogen) atoms. The third-order valence-electron chi connectivity index (χ3n) is 3.21. The smallest absolute Gasteiger partial charge is 0.251 e. The summed E-state index contributed by atoms with van der Waals surface area (Å²) in [5.41, 5.74) is 3.39. The summed E-state index contributed by atoms with van der Waals surface area (Å²) in [5, 5.41) is 6.02. The van der Waals surface area contributed by atoms with Crippen molar-refractivity contribution in [2.75, 3.05) is 11.9 Å². The Bertz CT molecular complexity index is 640. The zero-order valence-electron chi connectivity index (χ0n) is 12.2. The van der Waals surface area contributed by atoms with Crippen molar-refractivity contribution in [2.24, 2.45) is 0 Å². The van der Waals surface area contributed by atoms with Gasteiger partial charge in [0.1, 0.15) is 5.82 Å². The number of anilines is 1. The van der Waals surface area contributed by atoms with Crippen LogP contribution in [0, 0.1) is 12.7 Å². The number of amides is 1. The van der Waals surface area contributed by atoms with E-state index in [-0.39, 0.29) is 11.7 Å². The van der Waals surface area contributed by atoms with Crippen LogP contribution in [0.4, 0.5) is 10.1 Å². The second-order valence-corrected chi connectivity index (χ2v) is 4.87. The molecule has 0 aliphatic rings. The van der Waals surface area contributed by atoms with E-state index in [9.17, 15) is 9.18 Å². The van der Waals surface area contributed by atoms with Crippen LogP contribution >= 0.6 is 0 Å². The van der Waals surface area contributed by atoms with E-state index in [0.717, 1.165) is 16.8 Å². The number of halogens is 1. The first-order chi connectivity index (χ1) is 10.1. The third-order valence-corrected chi connectivity index (χ3v) is 3.21. The van der Waals surface area contributed by atoms with Crippen molar-refractivity contribution >= 4 is 11.6 Å². The van der Waals surface area contributed by atoms with E-state index in [4.69, 9.17) is 0 Å². The van der Waals surface area contributed by atoms with Crippen molar-refractivity contribution in [1.29, 1.82) is 0 Å². The van der Waals surface area contributed by atoms with Crippen molar-refractivity contribution in [3.8, 4) is 0 Å². The fraction of sp³-hybridized carbons (Fsp3) is 0.235. The molecule has 2 aromatic rings. The van der Waals surface area contributed by atoms with Crippen LogP contribution in [0.5, 0.6) is 0 Å². The maximum Gasteiger partial charge on any atom is 0.251 e. The average Bonchev–Trinajstić information content (AvgIpc) is 2.46. The molecule has 0 atom stereocenters. The summed E-state index contributed by atoms with van der Waals surface area (Å²) in [6.45, 7) is 4.96. The van der Waals surface area contributed by atoms with Crippen LogP contribution in [0.2, 0.25) is 0 Å². The van der Waals surface area contributed by atoms with E-state index < -0.39 is 0 Å². The lowest BCUT2D eigenvalue weighted by atomic mass is 10.1. The van der Waals surface area contributed by atoms with E-state index in [1.165, 1.54) is 12.1 Å². The maximum absolute atomic E-state index is 13.1. The Kier molecular flexibility index (Phi) is 4.93. The zero-order valence-corrected chi connectivity index (χ0v) is 12.2. The second-order valence-electron chi connectivity index (χ2n) is 4.87. The van der Waals surface area contributed by atoms with Crippen LogP contribution in [0.3, 0.4) is 0 Å². The molecule has 1 amide bonds. The molecule has 0 saturated carbocycles. The third kappa shape index (κ3) is 4.05. The Balaban J connectivity index is 2.12. The quantitative estimate of drug-likeness (QED) is 0.883. The lowest BCUT2D eigenvalue weighted by Gasteiger charge is -2.12. The number of carbonyl (C=O) groups excluding carboxylic acids is 1. The number of aryl methyl sites for hydroxylation is 1. The Hall–Kier alpha value is -2.36. The van der Waals surface area contributed by atoms with E-state index in [1.54, 1.807) is 12.1 Å². The fourth-order valence-corrected chi connectivity index (χ4v) is 2.06. The molecule has 0 aromatic heterocycles. The van der Waals surface area contributed by atoms with Crippen LogP contribution in [0.25, 0.3) is 0 Å². The first-order valence-electron chi connectivity index (χ1n) is 6.97. The van der Waals surface area contributed by atoms with Gasteiger partial charge in [-0.3, -0.25) is 4.79 Å². The van der Waals surface area contributed by atoms with Crippen molar-refractivity contribution in [3.63, 3.8) is 0 Å². The molecule has 0 saturated heterocycles. The minimum Gasteiger partial charge on any atom is -0.381 e. The minimum atomic E-state index is -0.248. The van der Waals surface area contributed by atoms with Crippen LogP contribution < -0.4 is 10.6 Å². The Labute approximate surface area is 124 Å². The van der Waals surface area contributed by atoms with E-state index in [0.29, 0.717) is 18.7 Å². The highest BCUT2D eigenvalue weighted by atomic mass is 19.1. The fourth-order valence-electron chi connectivity index (χ4n) is 2.06. The lowest BCUT2D eigenvalue weighted by molar-refractivity contribution is 0.0956. The van der Waals surface area contributed by atoms with Gasteiger partial charge in [0.2, 0.25) is 0 Å². The van der Waals surface area contributed by atoms with Gasteiger partial charge in [-0.2, -0.15) is 0 Å². The van der Waals surface area contributed by atoms with Crippen molar-refractivity contribution in [3.05, 3.63) is 65.0 Å². The first-order valence-corrected chi connectivity index (χ1v) is 6.97. The summed E-state index contributed by atoms with van der Waals surface area (Å²) in [6.07, 6.45) is 0. The molecule has 0 unspecified atom stereocenters. The van der Waals surface area contributed by atoms with Crippen LogP contribution in [-0.2, 0) is 6.54 Å². The van der Waals surface area contributed by atoms with Gasteiger partial charge in [-0.25, -0.2) is 4.39 Å². The molecule has 4 heteroatoms. The second kappa shape index (κ2) is 6.88. The predicted octanol–water partition coefficient (Wildman–Crippen LogP) is 3.50. The van der Waals surface area contributed by atoms with Gasteiger partial charge in [-0.05, 0) is 49.2 Å². The molecule has 0 aliphatic heterocycles.